The standard InChI is InChI=1S/C13H8ClFOS/c14-12-8-9(15)3-5-11(12)13(16)6-4-10-2-1-7-17-10/h1-8H/b6-4+. The minimum atomic E-state index is -0.450. The van der Waals surface area contributed by atoms with Crippen molar-refractivity contribution in [2.24, 2.45) is 0 Å². The van der Waals surface area contributed by atoms with Gasteiger partial charge in [-0.15, -0.1) is 11.3 Å². The Bertz CT molecular complexity index is 561. The molecule has 0 spiro atoms. The molecular formula is C13H8ClFOS. The number of allylic oxidation sites excluding steroid dienone is 1. The highest BCUT2D eigenvalue weighted by molar-refractivity contribution is 7.10. The number of hydrogen-bond acceptors (Lipinski definition) is 2. The first-order valence-corrected chi connectivity index (χ1v) is 6.13. The minimum absolute atomic E-state index is 0.130. The van der Waals surface area contributed by atoms with Crippen molar-refractivity contribution in [2.75, 3.05) is 0 Å². The summed E-state index contributed by atoms with van der Waals surface area (Å²) in [5, 5.41) is 2.06. The summed E-state index contributed by atoms with van der Waals surface area (Å²) < 4.78 is 12.8. The maximum Gasteiger partial charge on any atom is 0.187 e. The highest BCUT2D eigenvalue weighted by atomic mass is 35.5. The van der Waals surface area contributed by atoms with Gasteiger partial charge in [-0.3, -0.25) is 4.79 Å². The molecule has 0 fully saturated rings. The van der Waals surface area contributed by atoms with E-state index in [9.17, 15) is 9.18 Å². The average molecular weight is 267 g/mol. The molecule has 0 aliphatic rings. The van der Waals surface area contributed by atoms with Gasteiger partial charge in [0.15, 0.2) is 5.78 Å². The van der Waals surface area contributed by atoms with Gasteiger partial charge < -0.3 is 0 Å². The third kappa shape index (κ3) is 3.02. The van der Waals surface area contributed by atoms with Gasteiger partial charge in [-0.1, -0.05) is 17.7 Å². The molecule has 2 aromatic rings. The molecule has 4 heteroatoms. The summed E-state index contributed by atoms with van der Waals surface area (Å²) >= 11 is 7.33. The van der Waals surface area contributed by atoms with Gasteiger partial charge in [-0.25, -0.2) is 4.39 Å². The Morgan fingerprint density at radius 2 is 2.18 bits per heavy atom. The van der Waals surface area contributed by atoms with Crippen LogP contribution in [0.25, 0.3) is 6.08 Å². The van der Waals surface area contributed by atoms with Crippen LogP contribution >= 0.6 is 22.9 Å². The Balaban J connectivity index is 2.20. The van der Waals surface area contributed by atoms with Crippen LogP contribution in [0.3, 0.4) is 0 Å². The molecule has 1 nitrogen and oxygen atoms in total. The molecule has 0 unspecified atom stereocenters. The molecule has 1 aromatic carbocycles. The molecule has 2 rings (SSSR count). The predicted octanol–water partition coefficient (Wildman–Crippen LogP) is 4.44. The number of ketones is 1. The summed E-state index contributed by atoms with van der Waals surface area (Å²) in [6.45, 7) is 0. The fourth-order valence-electron chi connectivity index (χ4n) is 1.32. The lowest BCUT2D eigenvalue weighted by molar-refractivity contribution is 0.104. The molecule has 0 amide bonds. The first-order chi connectivity index (χ1) is 8.16. The molecule has 0 radical (unpaired) electrons. The SMILES string of the molecule is O=C(/C=C/c1cccs1)c1ccc(F)cc1Cl. The van der Waals surface area contributed by atoms with Crippen molar-refractivity contribution in [3.63, 3.8) is 0 Å². The zero-order chi connectivity index (χ0) is 12.3. The average Bonchev–Trinajstić information content (AvgIpc) is 2.78. The van der Waals surface area contributed by atoms with Crippen LogP contribution in [0.1, 0.15) is 15.2 Å². The number of carbonyl (C=O) groups excluding carboxylic acids is 1. The molecular weight excluding hydrogens is 259 g/mol. The van der Waals surface area contributed by atoms with Crippen molar-refractivity contribution in [2.45, 2.75) is 0 Å². The first-order valence-electron chi connectivity index (χ1n) is 4.88. The van der Waals surface area contributed by atoms with E-state index in [4.69, 9.17) is 11.6 Å². The Kier molecular flexibility index (Phi) is 3.71. The molecule has 0 aliphatic heterocycles. The lowest BCUT2D eigenvalue weighted by Crippen LogP contribution is -1.95. The molecule has 0 atom stereocenters. The van der Waals surface area contributed by atoms with Gasteiger partial charge in [-0.2, -0.15) is 0 Å². The van der Waals surface area contributed by atoms with Crippen LogP contribution in [0.5, 0.6) is 0 Å². The normalized spacial score (nSPS) is 10.9. The summed E-state index contributed by atoms with van der Waals surface area (Å²) in [5.41, 5.74) is 0.306. The Morgan fingerprint density at radius 3 is 2.82 bits per heavy atom. The van der Waals surface area contributed by atoms with Crippen LogP contribution in [0.2, 0.25) is 5.02 Å². The minimum Gasteiger partial charge on any atom is -0.289 e. The van der Waals surface area contributed by atoms with E-state index in [0.717, 1.165) is 10.9 Å². The lowest BCUT2D eigenvalue weighted by atomic mass is 10.1. The van der Waals surface area contributed by atoms with Crippen LogP contribution in [0.4, 0.5) is 4.39 Å². The maximum absolute atomic E-state index is 12.8. The third-order valence-electron chi connectivity index (χ3n) is 2.14. The smallest absolute Gasteiger partial charge is 0.187 e. The van der Waals surface area contributed by atoms with Gasteiger partial charge in [0.25, 0.3) is 0 Å². The van der Waals surface area contributed by atoms with Crippen molar-refractivity contribution in [3.8, 4) is 0 Å². The lowest BCUT2D eigenvalue weighted by Gasteiger charge is -1.99. The largest absolute Gasteiger partial charge is 0.289 e. The van der Waals surface area contributed by atoms with Crippen molar-refractivity contribution in [3.05, 3.63) is 63.1 Å². The number of rotatable bonds is 3. The van der Waals surface area contributed by atoms with Crippen LogP contribution in [0.15, 0.2) is 41.8 Å². The van der Waals surface area contributed by atoms with E-state index in [1.54, 1.807) is 6.08 Å². The zero-order valence-electron chi connectivity index (χ0n) is 8.69. The summed E-state index contributed by atoms with van der Waals surface area (Å²) in [5.74, 6) is -0.683. The second kappa shape index (κ2) is 5.25. The number of thiophene rings is 1. The van der Waals surface area contributed by atoms with Gasteiger partial charge >= 0.3 is 0 Å². The van der Waals surface area contributed by atoms with E-state index in [0.29, 0.717) is 5.56 Å². The number of halogens is 2. The quantitative estimate of drug-likeness (QED) is 0.593. The fraction of sp³-hybridized carbons (Fsp3) is 0. The highest BCUT2D eigenvalue weighted by Gasteiger charge is 2.07. The van der Waals surface area contributed by atoms with Gasteiger partial charge in [0, 0.05) is 10.4 Å². The second-order valence-electron chi connectivity index (χ2n) is 3.34. The molecule has 0 saturated carbocycles. The molecule has 0 saturated heterocycles. The molecule has 0 bridgehead atoms. The molecule has 17 heavy (non-hydrogen) atoms. The number of carbonyl (C=O) groups is 1. The monoisotopic (exact) mass is 266 g/mol. The van der Waals surface area contributed by atoms with E-state index in [1.807, 2.05) is 17.5 Å². The van der Waals surface area contributed by atoms with Crippen LogP contribution in [0, 0.1) is 5.82 Å². The van der Waals surface area contributed by atoms with Crippen molar-refractivity contribution < 1.29 is 9.18 Å². The maximum atomic E-state index is 12.8. The summed E-state index contributed by atoms with van der Waals surface area (Å²) in [4.78, 5) is 12.8. The molecule has 0 aliphatic carbocycles. The van der Waals surface area contributed by atoms with E-state index in [2.05, 4.69) is 0 Å². The Morgan fingerprint density at radius 1 is 1.35 bits per heavy atom. The molecule has 1 heterocycles. The third-order valence-corrected chi connectivity index (χ3v) is 3.29. The van der Waals surface area contributed by atoms with Crippen molar-refractivity contribution in [1.29, 1.82) is 0 Å². The number of hydrogen-bond donors (Lipinski definition) is 0. The predicted molar refractivity (Wildman–Crippen MR) is 69.1 cm³/mol. The van der Waals surface area contributed by atoms with Crippen molar-refractivity contribution >= 4 is 34.8 Å². The van der Waals surface area contributed by atoms with Gasteiger partial charge in [0.1, 0.15) is 5.82 Å². The van der Waals surface area contributed by atoms with E-state index in [-0.39, 0.29) is 10.8 Å². The summed E-state index contributed by atoms with van der Waals surface area (Å²) in [6, 6.07) is 7.55. The van der Waals surface area contributed by atoms with Crippen molar-refractivity contribution in [1.82, 2.24) is 0 Å². The van der Waals surface area contributed by atoms with E-state index < -0.39 is 5.82 Å². The molecule has 86 valence electrons. The van der Waals surface area contributed by atoms with E-state index >= 15 is 0 Å². The summed E-state index contributed by atoms with van der Waals surface area (Å²) in [6.07, 6.45) is 3.15. The van der Waals surface area contributed by atoms with Gasteiger partial charge in [0.05, 0.1) is 5.02 Å². The highest BCUT2D eigenvalue weighted by Crippen LogP contribution is 2.19. The van der Waals surface area contributed by atoms with Crippen LogP contribution < -0.4 is 0 Å². The second-order valence-corrected chi connectivity index (χ2v) is 4.72. The first kappa shape index (κ1) is 12.0. The van der Waals surface area contributed by atoms with Crippen LogP contribution in [-0.2, 0) is 0 Å². The summed E-state index contributed by atoms with van der Waals surface area (Å²) in [7, 11) is 0. The van der Waals surface area contributed by atoms with E-state index in [1.165, 1.54) is 29.5 Å². The molecule has 0 N–H and O–H groups in total. The Hall–Kier alpha value is -1.45. The van der Waals surface area contributed by atoms with Gasteiger partial charge in [0.2, 0.25) is 0 Å². The molecule has 1 aromatic heterocycles. The van der Waals surface area contributed by atoms with Gasteiger partial charge in [-0.05, 0) is 41.8 Å². The zero-order valence-corrected chi connectivity index (χ0v) is 10.3. The van der Waals surface area contributed by atoms with Crippen LogP contribution in [-0.4, -0.2) is 5.78 Å². The topological polar surface area (TPSA) is 17.1 Å². The number of benzene rings is 1. The fourth-order valence-corrected chi connectivity index (χ4v) is 2.20. The Labute approximate surface area is 107 Å².